The second kappa shape index (κ2) is 4.47. The third kappa shape index (κ3) is 2.04. The van der Waals surface area contributed by atoms with Crippen LogP contribution in [0.1, 0.15) is 12.6 Å². The maximum absolute atomic E-state index is 11.1. The molecule has 2 rings (SSSR count). The molecule has 18 heavy (non-hydrogen) atoms. The monoisotopic (exact) mass is 250 g/mol. The van der Waals surface area contributed by atoms with Crippen molar-refractivity contribution < 1.29 is 4.92 Å². The van der Waals surface area contributed by atoms with Crippen molar-refractivity contribution in [3.8, 4) is 0 Å². The second-order valence-corrected chi connectivity index (χ2v) is 3.88. The van der Waals surface area contributed by atoms with Crippen LogP contribution < -0.4 is 5.32 Å². The lowest BCUT2D eigenvalue weighted by Crippen LogP contribution is -2.03. The predicted octanol–water partition coefficient (Wildman–Crippen LogP) is 1.60. The van der Waals surface area contributed by atoms with E-state index in [1.807, 2.05) is 6.92 Å². The fraction of sp³-hybridized carbons (Fsp3) is 0.400. The van der Waals surface area contributed by atoms with Gasteiger partial charge in [0.2, 0.25) is 5.82 Å². The number of nitrogens with one attached hydrogen (secondary N) is 1. The molecule has 8 nitrogen and oxygen atoms in total. The Morgan fingerprint density at radius 3 is 2.78 bits per heavy atom. The smallest absolute Gasteiger partial charge is 0.332 e. The number of hydrogen-bond acceptors (Lipinski definition) is 5. The van der Waals surface area contributed by atoms with Crippen LogP contribution in [-0.4, -0.2) is 24.5 Å². The highest BCUT2D eigenvalue weighted by atomic mass is 16.6. The summed E-state index contributed by atoms with van der Waals surface area (Å²) in [6.07, 6.45) is 3.35. The van der Waals surface area contributed by atoms with Crippen LogP contribution in [0.15, 0.2) is 12.4 Å². The number of hydrogen-bond donors (Lipinski definition) is 1. The van der Waals surface area contributed by atoms with Crippen molar-refractivity contribution in [2.45, 2.75) is 20.4 Å². The molecule has 0 aliphatic carbocycles. The van der Waals surface area contributed by atoms with E-state index in [4.69, 9.17) is 0 Å². The lowest BCUT2D eigenvalue weighted by Gasteiger charge is -2.04. The van der Waals surface area contributed by atoms with Crippen LogP contribution in [0.4, 0.5) is 17.2 Å². The number of aryl methyl sites for hydroxylation is 3. The molecule has 2 heterocycles. The summed E-state index contributed by atoms with van der Waals surface area (Å²) >= 11 is 0. The van der Waals surface area contributed by atoms with Gasteiger partial charge >= 0.3 is 5.69 Å². The molecule has 2 aromatic heterocycles. The second-order valence-electron chi connectivity index (χ2n) is 3.88. The van der Waals surface area contributed by atoms with E-state index in [-0.39, 0.29) is 5.69 Å². The average molecular weight is 250 g/mol. The van der Waals surface area contributed by atoms with E-state index in [1.54, 1.807) is 35.7 Å². The number of nitro groups is 1. The number of nitrogens with zero attached hydrogens (tertiary/aromatic N) is 5. The van der Waals surface area contributed by atoms with E-state index in [1.165, 1.54) is 0 Å². The van der Waals surface area contributed by atoms with E-state index < -0.39 is 4.92 Å². The first-order valence-electron chi connectivity index (χ1n) is 5.50. The summed E-state index contributed by atoms with van der Waals surface area (Å²) in [6.45, 7) is 4.06. The van der Waals surface area contributed by atoms with E-state index in [2.05, 4.69) is 15.5 Å². The van der Waals surface area contributed by atoms with E-state index in [9.17, 15) is 10.1 Å². The maximum atomic E-state index is 11.1. The van der Waals surface area contributed by atoms with Gasteiger partial charge < -0.3 is 5.32 Å². The summed E-state index contributed by atoms with van der Waals surface area (Å²) in [7, 11) is 1.78. The van der Waals surface area contributed by atoms with E-state index >= 15 is 0 Å². The summed E-state index contributed by atoms with van der Waals surface area (Å²) in [5.74, 6) is 0.382. The quantitative estimate of drug-likeness (QED) is 0.657. The zero-order chi connectivity index (χ0) is 13.3. The molecule has 0 saturated heterocycles. The Labute approximate surface area is 103 Å². The Kier molecular flexibility index (Phi) is 3.00. The minimum atomic E-state index is -0.423. The Bertz CT molecular complexity index is 585. The SMILES string of the molecule is CCn1nc(C)c([N+](=O)[O-])c1Nc1cnn(C)c1. The molecular weight excluding hydrogens is 236 g/mol. The molecule has 0 fully saturated rings. The van der Waals surface area contributed by atoms with Gasteiger partial charge in [0, 0.05) is 19.8 Å². The van der Waals surface area contributed by atoms with Gasteiger partial charge in [-0.05, 0) is 13.8 Å². The first-order chi connectivity index (χ1) is 8.52. The average Bonchev–Trinajstić information content (AvgIpc) is 2.83. The number of rotatable bonds is 4. The van der Waals surface area contributed by atoms with Crippen LogP contribution in [0.2, 0.25) is 0 Å². The molecule has 0 radical (unpaired) electrons. The Morgan fingerprint density at radius 2 is 2.28 bits per heavy atom. The molecule has 0 aliphatic heterocycles. The van der Waals surface area contributed by atoms with Gasteiger partial charge in [-0.15, -0.1) is 0 Å². The Hall–Kier alpha value is -2.38. The zero-order valence-electron chi connectivity index (χ0n) is 10.4. The van der Waals surface area contributed by atoms with Gasteiger partial charge in [0.1, 0.15) is 5.69 Å². The lowest BCUT2D eigenvalue weighted by molar-refractivity contribution is -0.384. The predicted molar refractivity (Wildman–Crippen MR) is 65.8 cm³/mol. The molecule has 0 aliphatic rings. The molecule has 0 amide bonds. The molecule has 1 N–H and O–H groups in total. The van der Waals surface area contributed by atoms with Crippen molar-refractivity contribution in [2.75, 3.05) is 5.32 Å². The van der Waals surface area contributed by atoms with Gasteiger partial charge in [-0.2, -0.15) is 10.2 Å². The van der Waals surface area contributed by atoms with Gasteiger partial charge in [0.15, 0.2) is 0 Å². The minimum absolute atomic E-state index is 0.000651. The van der Waals surface area contributed by atoms with Crippen LogP contribution >= 0.6 is 0 Å². The number of aromatic nitrogens is 4. The molecule has 0 atom stereocenters. The minimum Gasteiger partial charge on any atom is -0.332 e. The van der Waals surface area contributed by atoms with Crippen LogP contribution in [-0.2, 0) is 13.6 Å². The first-order valence-corrected chi connectivity index (χ1v) is 5.50. The Balaban J connectivity index is 2.44. The van der Waals surface area contributed by atoms with Crippen LogP contribution in [0, 0.1) is 17.0 Å². The lowest BCUT2D eigenvalue weighted by atomic mass is 10.4. The van der Waals surface area contributed by atoms with Gasteiger partial charge in [-0.3, -0.25) is 14.8 Å². The highest BCUT2D eigenvalue weighted by Gasteiger charge is 2.25. The zero-order valence-corrected chi connectivity index (χ0v) is 10.4. The van der Waals surface area contributed by atoms with Crippen LogP contribution in [0.5, 0.6) is 0 Å². The normalized spacial score (nSPS) is 10.6. The van der Waals surface area contributed by atoms with Crippen molar-refractivity contribution in [1.82, 2.24) is 19.6 Å². The molecule has 0 saturated carbocycles. The largest absolute Gasteiger partial charge is 0.334 e. The molecule has 0 bridgehead atoms. The molecule has 2 aromatic rings. The van der Waals surface area contributed by atoms with Crippen molar-refractivity contribution in [3.05, 3.63) is 28.2 Å². The molecular formula is C10H14N6O2. The highest BCUT2D eigenvalue weighted by molar-refractivity contribution is 5.66. The van der Waals surface area contributed by atoms with E-state index in [0.29, 0.717) is 23.7 Å². The fourth-order valence-corrected chi connectivity index (χ4v) is 1.77. The molecule has 0 aromatic carbocycles. The number of anilines is 2. The first kappa shape index (κ1) is 12.1. The molecule has 8 heteroatoms. The van der Waals surface area contributed by atoms with Crippen LogP contribution in [0.3, 0.4) is 0 Å². The third-order valence-electron chi connectivity index (χ3n) is 2.55. The molecule has 0 spiro atoms. The van der Waals surface area contributed by atoms with Gasteiger partial charge in [-0.1, -0.05) is 0 Å². The van der Waals surface area contributed by atoms with Crippen molar-refractivity contribution in [1.29, 1.82) is 0 Å². The molecule has 0 unspecified atom stereocenters. The van der Waals surface area contributed by atoms with Crippen LogP contribution in [0.25, 0.3) is 0 Å². The maximum Gasteiger partial charge on any atom is 0.334 e. The summed E-state index contributed by atoms with van der Waals surface area (Å²) < 4.78 is 3.19. The summed E-state index contributed by atoms with van der Waals surface area (Å²) in [5.41, 5.74) is 1.09. The van der Waals surface area contributed by atoms with Crippen molar-refractivity contribution in [2.24, 2.45) is 7.05 Å². The van der Waals surface area contributed by atoms with Crippen molar-refractivity contribution >= 4 is 17.2 Å². The van der Waals surface area contributed by atoms with Gasteiger partial charge in [0.05, 0.1) is 16.8 Å². The van der Waals surface area contributed by atoms with Gasteiger partial charge in [-0.25, -0.2) is 4.68 Å². The van der Waals surface area contributed by atoms with Gasteiger partial charge in [0.25, 0.3) is 0 Å². The summed E-state index contributed by atoms with van der Waals surface area (Å²) in [5, 5.41) is 22.2. The summed E-state index contributed by atoms with van der Waals surface area (Å²) in [4.78, 5) is 10.6. The Morgan fingerprint density at radius 1 is 1.56 bits per heavy atom. The third-order valence-corrected chi connectivity index (χ3v) is 2.55. The topological polar surface area (TPSA) is 90.8 Å². The fourth-order valence-electron chi connectivity index (χ4n) is 1.77. The van der Waals surface area contributed by atoms with Crippen molar-refractivity contribution in [3.63, 3.8) is 0 Å². The summed E-state index contributed by atoms with van der Waals surface area (Å²) in [6, 6.07) is 0. The standard InChI is InChI=1S/C10H14N6O2/c1-4-15-10(9(16(17)18)7(2)13-15)12-8-5-11-14(3)6-8/h5-6,12H,4H2,1-3H3. The van der Waals surface area contributed by atoms with E-state index in [0.717, 1.165) is 0 Å². The highest BCUT2D eigenvalue weighted by Crippen LogP contribution is 2.30. The molecule has 96 valence electrons.